The van der Waals surface area contributed by atoms with Gasteiger partial charge in [0, 0.05) is 25.0 Å². The molecule has 1 heterocycles. The van der Waals surface area contributed by atoms with Crippen LogP contribution in [0.15, 0.2) is 18.2 Å². The molecule has 2 nitrogen and oxygen atoms in total. The first-order valence-electron chi connectivity index (χ1n) is 5.21. The van der Waals surface area contributed by atoms with E-state index in [1.165, 1.54) is 6.07 Å². The number of rotatable bonds is 3. The van der Waals surface area contributed by atoms with Crippen LogP contribution in [0.1, 0.15) is 12.0 Å². The lowest BCUT2D eigenvalue weighted by Crippen LogP contribution is -2.17. The molecule has 86 valence electrons. The van der Waals surface area contributed by atoms with Crippen LogP contribution in [0.25, 0.3) is 0 Å². The number of halogens is 2. The molecule has 4 heteroatoms. The third kappa shape index (κ3) is 2.44. The Labute approximate surface area is 92.2 Å². The van der Waals surface area contributed by atoms with Crippen molar-refractivity contribution < 1.29 is 18.3 Å². The predicted molar refractivity (Wildman–Crippen MR) is 54.0 cm³/mol. The van der Waals surface area contributed by atoms with Crippen molar-refractivity contribution in [1.82, 2.24) is 0 Å². The third-order valence-corrected chi connectivity index (χ3v) is 2.76. The minimum atomic E-state index is -0.660. The van der Waals surface area contributed by atoms with Crippen LogP contribution in [0.2, 0.25) is 0 Å². The smallest absolute Gasteiger partial charge is 0.142 e. The monoisotopic (exact) mass is 226 g/mol. The molecule has 1 aromatic rings. The van der Waals surface area contributed by atoms with Gasteiger partial charge in [-0.15, -0.1) is 0 Å². The van der Waals surface area contributed by atoms with Gasteiger partial charge in [-0.25, -0.2) is 8.78 Å². The maximum atomic E-state index is 13.3. The molecule has 1 aliphatic heterocycles. The average molecular weight is 226 g/mol. The zero-order valence-corrected chi connectivity index (χ0v) is 8.71. The first kappa shape index (κ1) is 11.2. The molecule has 1 aliphatic rings. The van der Waals surface area contributed by atoms with Gasteiger partial charge in [0.05, 0.1) is 6.61 Å². The Morgan fingerprint density at radius 2 is 2.25 bits per heavy atom. The summed E-state index contributed by atoms with van der Waals surface area (Å²) in [6.45, 7) is 1.00. The first-order chi connectivity index (χ1) is 7.66. The van der Waals surface area contributed by atoms with Crippen LogP contribution in [0.4, 0.5) is 8.78 Å². The fraction of sp³-hybridized carbons (Fsp3) is 0.417. The number of benzene rings is 1. The molecule has 0 aliphatic carbocycles. The van der Waals surface area contributed by atoms with Crippen LogP contribution in [0.3, 0.4) is 0 Å². The van der Waals surface area contributed by atoms with Crippen molar-refractivity contribution in [1.29, 1.82) is 0 Å². The molecule has 1 aromatic carbocycles. The summed E-state index contributed by atoms with van der Waals surface area (Å²) >= 11 is 0. The van der Waals surface area contributed by atoms with E-state index >= 15 is 0 Å². The van der Waals surface area contributed by atoms with E-state index in [2.05, 4.69) is 0 Å². The van der Waals surface area contributed by atoms with E-state index in [4.69, 9.17) is 4.74 Å². The van der Waals surface area contributed by atoms with Crippen molar-refractivity contribution >= 4 is 5.78 Å². The Balaban J connectivity index is 2.05. The van der Waals surface area contributed by atoms with Crippen LogP contribution < -0.4 is 0 Å². The molecule has 0 bridgehead atoms. The van der Waals surface area contributed by atoms with Crippen molar-refractivity contribution in [3.05, 3.63) is 35.4 Å². The van der Waals surface area contributed by atoms with Crippen molar-refractivity contribution in [2.45, 2.75) is 12.8 Å². The van der Waals surface area contributed by atoms with Gasteiger partial charge < -0.3 is 4.74 Å². The van der Waals surface area contributed by atoms with E-state index < -0.39 is 11.6 Å². The van der Waals surface area contributed by atoms with Gasteiger partial charge in [0.1, 0.15) is 17.4 Å². The SMILES string of the molecule is O=C(Cc1ccc(F)cc1F)C1CCOC1. The number of ether oxygens (including phenoxy) is 1. The molecule has 0 radical (unpaired) electrons. The Hall–Kier alpha value is -1.29. The van der Waals surface area contributed by atoms with Gasteiger partial charge in [-0.2, -0.15) is 0 Å². The highest BCUT2D eigenvalue weighted by atomic mass is 19.1. The standard InChI is InChI=1S/C12H12F2O2/c13-10-2-1-8(11(14)6-10)5-12(15)9-3-4-16-7-9/h1-2,6,9H,3-5,7H2. The van der Waals surface area contributed by atoms with Crippen molar-refractivity contribution in [3.8, 4) is 0 Å². The number of carbonyl (C=O) groups excluding carboxylic acids is 1. The van der Waals surface area contributed by atoms with Crippen LogP contribution >= 0.6 is 0 Å². The lowest BCUT2D eigenvalue weighted by molar-refractivity contribution is -0.122. The van der Waals surface area contributed by atoms with E-state index in [0.717, 1.165) is 12.1 Å². The summed E-state index contributed by atoms with van der Waals surface area (Å²) in [6.07, 6.45) is 0.710. The van der Waals surface area contributed by atoms with E-state index in [-0.39, 0.29) is 23.7 Å². The van der Waals surface area contributed by atoms with Crippen LogP contribution in [0, 0.1) is 17.6 Å². The molecule has 1 fully saturated rings. The topological polar surface area (TPSA) is 26.3 Å². The molecule has 0 spiro atoms. The summed E-state index contributed by atoms with van der Waals surface area (Å²) in [5.41, 5.74) is 0.248. The Bertz CT molecular complexity index is 398. The van der Waals surface area contributed by atoms with Gasteiger partial charge in [-0.1, -0.05) is 6.07 Å². The van der Waals surface area contributed by atoms with Crippen molar-refractivity contribution in [2.24, 2.45) is 5.92 Å². The van der Waals surface area contributed by atoms with Gasteiger partial charge in [-0.05, 0) is 18.1 Å². The fourth-order valence-corrected chi connectivity index (χ4v) is 1.79. The minimum absolute atomic E-state index is 0.0140. The second-order valence-electron chi connectivity index (χ2n) is 3.94. The van der Waals surface area contributed by atoms with Crippen LogP contribution in [0.5, 0.6) is 0 Å². The third-order valence-electron chi connectivity index (χ3n) is 2.76. The summed E-state index contributed by atoms with van der Waals surface area (Å²) in [5, 5.41) is 0. The Morgan fingerprint density at radius 1 is 1.44 bits per heavy atom. The van der Waals surface area contributed by atoms with Gasteiger partial charge >= 0.3 is 0 Å². The van der Waals surface area contributed by atoms with Gasteiger partial charge in [0.2, 0.25) is 0 Å². The van der Waals surface area contributed by atoms with Gasteiger partial charge in [-0.3, -0.25) is 4.79 Å². The highest BCUT2D eigenvalue weighted by Gasteiger charge is 2.24. The molecule has 0 N–H and O–H groups in total. The number of carbonyl (C=O) groups is 1. The van der Waals surface area contributed by atoms with Crippen LogP contribution in [-0.2, 0) is 16.0 Å². The molecule has 2 rings (SSSR count). The van der Waals surface area contributed by atoms with Crippen molar-refractivity contribution in [3.63, 3.8) is 0 Å². The van der Waals surface area contributed by atoms with Gasteiger partial charge in [0.25, 0.3) is 0 Å². The zero-order chi connectivity index (χ0) is 11.5. The zero-order valence-electron chi connectivity index (χ0n) is 8.71. The molecule has 1 atom stereocenters. The second kappa shape index (κ2) is 4.70. The molecule has 0 aromatic heterocycles. The Morgan fingerprint density at radius 3 is 2.88 bits per heavy atom. The Kier molecular flexibility index (Phi) is 3.29. The number of hydrogen-bond acceptors (Lipinski definition) is 2. The molecule has 0 saturated carbocycles. The number of Topliss-reactive ketones (excluding diaryl/α,β-unsaturated/α-hetero) is 1. The largest absolute Gasteiger partial charge is 0.381 e. The van der Waals surface area contributed by atoms with Crippen molar-refractivity contribution in [2.75, 3.05) is 13.2 Å². The molecule has 16 heavy (non-hydrogen) atoms. The van der Waals surface area contributed by atoms with Gasteiger partial charge in [0.15, 0.2) is 0 Å². The summed E-state index contributed by atoms with van der Waals surface area (Å²) in [7, 11) is 0. The average Bonchev–Trinajstić information content (AvgIpc) is 2.75. The highest BCUT2D eigenvalue weighted by molar-refractivity contribution is 5.83. The minimum Gasteiger partial charge on any atom is -0.381 e. The highest BCUT2D eigenvalue weighted by Crippen LogP contribution is 2.18. The van der Waals surface area contributed by atoms with E-state index in [9.17, 15) is 13.6 Å². The summed E-state index contributed by atoms with van der Waals surface area (Å²) in [5.74, 6) is -1.46. The number of hydrogen-bond donors (Lipinski definition) is 0. The molecule has 1 saturated heterocycles. The van der Waals surface area contributed by atoms with E-state index in [1.807, 2.05) is 0 Å². The summed E-state index contributed by atoms with van der Waals surface area (Å²) in [6, 6.07) is 3.28. The van der Waals surface area contributed by atoms with Crippen LogP contribution in [-0.4, -0.2) is 19.0 Å². The maximum absolute atomic E-state index is 13.3. The fourth-order valence-electron chi connectivity index (χ4n) is 1.79. The first-order valence-corrected chi connectivity index (χ1v) is 5.21. The predicted octanol–water partition coefficient (Wildman–Crippen LogP) is 2.11. The number of ketones is 1. The molecule has 1 unspecified atom stereocenters. The normalized spacial score (nSPS) is 20.0. The molecular weight excluding hydrogens is 214 g/mol. The molecule has 0 amide bonds. The molecular formula is C12H12F2O2. The van der Waals surface area contributed by atoms with E-state index in [0.29, 0.717) is 19.6 Å². The quantitative estimate of drug-likeness (QED) is 0.789. The lowest BCUT2D eigenvalue weighted by atomic mass is 9.97. The maximum Gasteiger partial charge on any atom is 0.142 e. The summed E-state index contributed by atoms with van der Waals surface area (Å²) in [4.78, 5) is 11.7. The van der Waals surface area contributed by atoms with E-state index in [1.54, 1.807) is 0 Å². The summed E-state index contributed by atoms with van der Waals surface area (Å²) < 4.78 is 31.0. The lowest BCUT2D eigenvalue weighted by Gasteiger charge is -2.07. The second-order valence-corrected chi connectivity index (χ2v) is 3.94.